The van der Waals surface area contributed by atoms with Crippen LogP contribution in [0.3, 0.4) is 0 Å². The molecule has 0 N–H and O–H groups in total. The van der Waals surface area contributed by atoms with Crippen molar-refractivity contribution in [1.82, 2.24) is 28.6 Å². The number of benzene rings is 2. The van der Waals surface area contributed by atoms with Crippen LogP contribution in [-0.2, 0) is 13.2 Å². The van der Waals surface area contributed by atoms with Gasteiger partial charge in [-0.25, -0.2) is 9.97 Å². The Morgan fingerprint density at radius 1 is 0.971 bits per heavy atom. The first-order valence-electron chi connectivity index (χ1n) is 11.6. The molecule has 0 radical (unpaired) electrons. The Balaban J connectivity index is 1.11. The van der Waals surface area contributed by atoms with Crippen molar-refractivity contribution in [3.05, 3.63) is 101 Å². The van der Waals surface area contributed by atoms with Gasteiger partial charge in [0.2, 0.25) is 0 Å². The van der Waals surface area contributed by atoms with Gasteiger partial charge < -0.3 is 9.13 Å². The van der Waals surface area contributed by atoms with Crippen LogP contribution in [0.2, 0.25) is 0 Å². The van der Waals surface area contributed by atoms with Crippen molar-refractivity contribution in [1.29, 1.82) is 0 Å². The Bertz CT molecular complexity index is 1440. The van der Waals surface area contributed by atoms with Gasteiger partial charge in [0.05, 0.1) is 16.5 Å². The second-order valence-electron chi connectivity index (χ2n) is 8.85. The highest BCUT2D eigenvalue weighted by molar-refractivity contribution is 7.16. The van der Waals surface area contributed by atoms with E-state index in [1.807, 2.05) is 58.3 Å². The van der Waals surface area contributed by atoms with Crippen LogP contribution >= 0.6 is 11.3 Å². The molecule has 8 heteroatoms. The fourth-order valence-corrected chi connectivity index (χ4v) is 5.78. The van der Waals surface area contributed by atoms with Crippen molar-refractivity contribution in [3.8, 4) is 5.69 Å². The maximum absolute atomic E-state index is 12.6. The molecule has 172 valence electrons. The maximum Gasteiger partial charge on any atom is 0.309 e. The molecule has 2 aromatic carbocycles. The van der Waals surface area contributed by atoms with Crippen LogP contribution in [0.15, 0.2) is 84.4 Å². The molecule has 0 aliphatic carbocycles. The molecule has 5 aromatic rings. The monoisotopic (exact) mass is 470 g/mol. The van der Waals surface area contributed by atoms with Crippen LogP contribution in [0.1, 0.15) is 30.1 Å². The summed E-state index contributed by atoms with van der Waals surface area (Å²) in [5.41, 5.74) is 3.45. The smallest absolute Gasteiger partial charge is 0.309 e. The summed E-state index contributed by atoms with van der Waals surface area (Å²) in [6.45, 7) is 3.56. The first-order chi connectivity index (χ1) is 16.7. The van der Waals surface area contributed by atoms with Crippen LogP contribution in [0.4, 0.5) is 0 Å². The third-order valence-corrected chi connectivity index (χ3v) is 7.67. The summed E-state index contributed by atoms with van der Waals surface area (Å²) in [7, 11) is 0. The third kappa shape index (κ3) is 4.10. The van der Waals surface area contributed by atoms with E-state index in [-0.39, 0.29) is 4.87 Å². The zero-order chi connectivity index (χ0) is 22.9. The number of nitrogens with zero attached hydrogens (tertiary/aromatic N) is 6. The van der Waals surface area contributed by atoms with E-state index < -0.39 is 0 Å². The highest BCUT2D eigenvalue weighted by Crippen LogP contribution is 2.28. The van der Waals surface area contributed by atoms with Gasteiger partial charge in [-0.3, -0.25) is 14.3 Å². The van der Waals surface area contributed by atoms with Crippen LogP contribution in [0.5, 0.6) is 0 Å². The molecule has 7 nitrogen and oxygen atoms in total. The van der Waals surface area contributed by atoms with Crippen LogP contribution < -0.4 is 4.87 Å². The second kappa shape index (κ2) is 9.04. The highest BCUT2D eigenvalue weighted by atomic mass is 32.1. The van der Waals surface area contributed by atoms with Gasteiger partial charge in [0.25, 0.3) is 0 Å². The van der Waals surface area contributed by atoms with Gasteiger partial charge in [-0.2, -0.15) is 0 Å². The zero-order valence-corrected chi connectivity index (χ0v) is 19.6. The first-order valence-corrected chi connectivity index (χ1v) is 12.5. The average Bonchev–Trinajstić information content (AvgIpc) is 3.62. The van der Waals surface area contributed by atoms with Gasteiger partial charge in [0.1, 0.15) is 12.5 Å². The van der Waals surface area contributed by atoms with E-state index in [9.17, 15) is 4.79 Å². The van der Waals surface area contributed by atoms with E-state index >= 15 is 0 Å². The molecular formula is C26H26N6OS. The lowest BCUT2D eigenvalue weighted by atomic mass is 9.95. The molecule has 34 heavy (non-hydrogen) atoms. The van der Waals surface area contributed by atoms with Crippen LogP contribution in [0.25, 0.3) is 15.9 Å². The molecule has 6 rings (SSSR count). The SMILES string of the molecule is O=c1sc2ccccc2n1Cn1ccnc1C1CCN(Cc2ccc(-n3ccnc3)cc2)CC1. The number of likely N-dealkylation sites (tertiary alicyclic amines) is 1. The van der Waals surface area contributed by atoms with Crippen molar-refractivity contribution in [3.63, 3.8) is 0 Å². The van der Waals surface area contributed by atoms with Crippen molar-refractivity contribution in [2.45, 2.75) is 32.0 Å². The summed E-state index contributed by atoms with van der Waals surface area (Å²) in [5, 5.41) is 0. The van der Waals surface area contributed by atoms with Gasteiger partial charge in [0.15, 0.2) is 0 Å². The summed E-state index contributed by atoms with van der Waals surface area (Å²) in [6.07, 6.45) is 11.6. The fourth-order valence-electron chi connectivity index (χ4n) is 4.89. The minimum atomic E-state index is 0.0785. The molecule has 0 amide bonds. The molecule has 0 unspecified atom stereocenters. The summed E-state index contributed by atoms with van der Waals surface area (Å²) in [4.78, 5) is 24.0. The number of hydrogen-bond donors (Lipinski definition) is 0. The number of rotatable bonds is 6. The molecule has 1 fully saturated rings. The predicted octanol–water partition coefficient (Wildman–Crippen LogP) is 4.33. The van der Waals surface area contributed by atoms with E-state index in [1.165, 1.54) is 16.9 Å². The lowest BCUT2D eigenvalue weighted by molar-refractivity contribution is 0.200. The van der Waals surface area contributed by atoms with E-state index in [0.717, 1.165) is 54.2 Å². The summed E-state index contributed by atoms with van der Waals surface area (Å²) in [5.74, 6) is 1.50. The lowest BCUT2D eigenvalue weighted by Crippen LogP contribution is -2.33. The quantitative estimate of drug-likeness (QED) is 0.371. The van der Waals surface area contributed by atoms with Crippen LogP contribution in [-0.4, -0.2) is 41.7 Å². The normalized spacial score (nSPS) is 15.3. The zero-order valence-electron chi connectivity index (χ0n) is 18.8. The topological polar surface area (TPSA) is 60.9 Å². The summed E-state index contributed by atoms with van der Waals surface area (Å²) < 4.78 is 7.05. The molecule has 0 atom stereocenters. The molecule has 0 spiro atoms. The second-order valence-corrected chi connectivity index (χ2v) is 9.84. The molecule has 1 saturated heterocycles. The molecule has 0 saturated carbocycles. The van der Waals surface area contributed by atoms with Crippen LogP contribution in [0, 0.1) is 0 Å². The summed E-state index contributed by atoms with van der Waals surface area (Å²) in [6, 6.07) is 16.7. The Kier molecular flexibility index (Phi) is 5.60. The van der Waals surface area contributed by atoms with E-state index in [4.69, 9.17) is 4.98 Å². The van der Waals surface area contributed by atoms with E-state index in [0.29, 0.717) is 12.6 Å². The predicted molar refractivity (Wildman–Crippen MR) is 135 cm³/mol. The first kappa shape index (κ1) is 21.1. The Hall–Kier alpha value is -3.49. The number of piperidine rings is 1. The number of para-hydroxylation sites is 1. The number of hydrogen-bond acceptors (Lipinski definition) is 5. The average molecular weight is 471 g/mol. The molecular weight excluding hydrogens is 444 g/mol. The summed E-state index contributed by atoms with van der Waals surface area (Å²) >= 11 is 1.31. The fraction of sp³-hybridized carbons (Fsp3) is 0.269. The standard InChI is InChI=1S/C26H26N6OS/c33-26-32(23-3-1-2-4-24(23)34-26)19-31-16-12-28-25(31)21-9-13-29(14-10-21)17-20-5-7-22(8-6-20)30-15-11-27-18-30/h1-8,11-12,15-16,18,21H,9-10,13-14,17,19H2. The number of imidazole rings is 2. The number of aromatic nitrogens is 5. The van der Waals surface area contributed by atoms with Gasteiger partial charge >= 0.3 is 4.87 Å². The van der Waals surface area contributed by atoms with Gasteiger partial charge in [-0.1, -0.05) is 35.6 Å². The molecule has 1 aliphatic rings. The molecule has 1 aliphatic heterocycles. The Morgan fingerprint density at radius 2 is 1.79 bits per heavy atom. The largest absolute Gasteiger partial charge is 0.316 e. The van der Waals surface area contributed by atoms with E-state index in [2.05, 4.69) is 38.7 Å². The van der Waals surface area contributed by atoms with Crippen molar-refractivity contribution in [2.75, 3.05) is 13.1 Å². The molecule has 4 heterocycles. The molecule has 3 aromatic heterocycles. The van der Waals surface area contributed by atoms with Gasteiger partial charge in [-0.15, -0.1) is 0 Å². The van der Waals surface area contributed by atoms with Gasteiger partial charge in [-0.05, 0) is 55.8 Å². The Morgan fingerprint density at radius 3 is 2.59 bits per heavy atom. The van der Waals surface area contributed by atoms with Crippen molar-refractivity contribution >= 4 is 21.6 Å². The maximum atomic E-state index is 12.6. The molecule has 0 bridgehead atoms. The number of thiazole rings is 1. The minimum absolute atomic E-state index is 0.0785. The highest BCUT2D eigenvalue weighted by Gasteiger charge is 2.24. The number of fused-ring (bicyclic) bond motifs is 1. The van der Waals surface area contributed by atoms with E-state index in [1.54, 1.807) is 6.20 Å². The van der Waals surface area contributed by atoms with Crippen molar-refractivity contribution in [2.24, 2.45) is 0 Å². The van der Waals surface area contributed by atoms with Gasteiger partial charge in [0, 0.05) is 42.9 Å². The Labute approximate surface area is 201 Å². The third-order valence-electron chi connectivity index (χ3n) is 6.71. The minimum Gasteiger partial charge on any atom is -0.316 e. The lowest BCUT2D eigenvalue weighted by Gasteiger charge is -2.32. The van der Waals surface area contributed by atoms with Crippen molar-refractivity contribution < 1.29 is 0 Å².